The molecule has 4 nitrogen and oxygen atoms in total. The van der Waals surface area contributed by atoms with E-state index in [0.717, 1.165) is 6.54 Å². The van der Waals surface area contributed by atoms with Crippen LogP contribution in [-0.2, 0) is 4.79 Å². The summed E-state index contributed by atoms with van der Waals surface area (Å²) in [6.45, 7) is 6.54. The average molecular weight is 186 g/mol. The maximum atomic E-state index is 11.0. The van der Waals surface area contributed by atoms with E-state index in [9.17, 15) is 9.90 Å². The second-order valence-corrected chi connectivity index (χ2v) is 3.91. The Kier molecular flexibility index (Phi) is 3.27. The normalized spacial score (nSPS) is 20.8. The molecular weight excluding hydrogens is 168 g/mol. The molecule has 0 radical (unpaired) electrons. The van der Waals surface area contributed by atoms with Gasteiger partial charge in [0.1, 0.15) is 0 Å². The highest BCUT2D eigenvalue weighted by Crippen LogP contribution is 2.19. The molecule has 1 fully saturated rings. The van der Waals surface area contributed by atoms with Gasteiger partial charge in [-0.3, -0.25) is 9.69 Å². The lowest BCUT2D eigenvalue weighted by Gasteiger charge is -2.44. The molecule has 2 N–H and O–H groups in total. The number of hydrogen-bond donors (Lipinski definition) is 2. The van der Waals surface area contributed by atoms with Gasteiger partial charge in [0.25, 0.3) is 0 Å². The zero-order valence-corrected chi connectivity index (χ0v) is 8.34. The first-order valence-corrected chi connectivity index (χ1v) is 4.75. The van der Waals surface area contributed by atoms with E-state index in [0.29, 0.717) is 26.1 Å². The Bertz CT molecular complexity index is 184. The molecule has 1 aliphatic heterocycles. The highest BCUT2D eigenvalue weighted by Gasteiger charge is 2.35. The molecule has 1 amide bonds. The summed E-state index contributed by atoms with van der Waals surface area (Å²) in [6, 6.07) is 0. The van der Waals surface area contributed by atoms with Crippen LogP contribution in [0.5, 0.6) is 0 Å². The predicted molar refractivity (Wildman–Crippen MR) is 50.4 cm³/mol. The summed E-state index contributed by atoms with van der Waals surface area (Å²) in [6.07, 6.45) is 0.532. The summed E-state index contributed by atoms with van der Waals surface area (Å²) in [7, 11) is 0. The van der Waals surface area contributed by atoms with Gasteiger partial charge in [-0.1, -0.05) is 0 Å². The van der Waals surface area contributed by atoms with Crippen LogP contribution < -0.4 is 5.32 Å². The monoisotopic (exact) mass is 186 g/mol. The molecule has 1 aliphatic rings. The lowest BCUT2D eigenvalue weighted by Crippen LogP contribution is -2.60. The Balaban J connectivity index is 2.05. The van der Waals surface area contributed by atoms with E-state index in [4.69, 9.17) is 0 Å². The SMILES string of the molecule is CCNC(=O)CCN1CC(C)(O)C1. The van der Waals surface area contributed by atoms with Crippen LogP contribution in [0, 0.1) is 0 Å². The molecule has 0 unspecified atom stereocenters. The molecule has 0 saturated carbocycles. The van der Waals surface area contributed by atoms with Crippen molar-refractivity contribution in [3.8, 4) is 0 Å². The maximum absolute atomic E-state index is 11.0. The van der Waals surface area contributed by atoms with Crippen LogP contribution in [0.15, 0.2) is 0 Å². The third kappa shape index (κ3) is 3.32. The van der Waals surface area contributed by atoms with Crippen LogP contribution in [0.4, 0.5) is 0 Å². The number of aliphatic hydroxyl groups is 1. The minimum Gasteiger partial charge on any atom is -0.388 e. The van der Waals surface area contributed by atoms with Gasteiger partial charge in [-0.25, -0.2) is 0 Å². The number of amides is 1. The van der Waals surface area contributed by atoms with Crippen LogP contribution in [0.2, 0.25) is 0 Å². The van der Waals surface area contributed by atoms with E-state index in [1.807, 2.05) is 13.8 Å². The van der Waals surface area contributed by atoms with E-state index in [1.54, 1.807) is 0 Å². The van der Waals surface area contributed by atoms with Crippen LogP contribution in [0.1, 0.15) is 20.3 Å². The summed E-state index contributed by atoms with van der Waals surface area (Å²) < 4.78 is 0. The average Bonchev–Trinajstić information content (AvgIpc) is 1.97. The lowest BCUT2D eigenvalue weighted by molar-refractivity contribution is -0.123. The topological polar surface area (TPSA) is 52.6 Å². The fraction of sp³-hybridized carbons (Fsp3) is 0.889. The maximum Gasteiger partial charge on any atom is 0.221 e. The van der Waals surface area contributed by atoms with Gasteiger partial charge in [0.05, 0.1) is 5.60 Å². The van der Waals surface area contributed by atoms with Gasteiger partial charge in [-0.15, -0.1) is 0 Å². The number of likely N-dealkylation sites (tertiary alicyclic amines) is 1. The minimum atomic E-state index is -0.527. The highest BCUT2D eigenvalue weighted by atomic mass is 16.3. The Morgan fingerprint density at radius 3 is 2.69 bits per heavy atom. The summed E-state index contributed by atoms with van der Waals surface area (Å²) in [4.78, 5) is 13.1. The van der Waals surface area contributed by atoms with Gasteiger partial charge < -0.3 is 10.4 Å². The quantitative estimate of drug-likeness (QED) is 0.627. The van der Waals surface area contributed by atoms with Crippen molar-refractivity contribution in [3.05, 3.63) is 0 Å². The largest absolute Gasteiger partial charge is 0.388 e. The molecule has 0 bridgehead atoms. The Labute approximate surface area is 78.9 Å². The molecule has 4 heteroatoms. The number of hydrogen-bond acceptors (Lipinski definition) is 3. The Hall–Kier alpha value is -0.610. The van der Waals surface area contributed by atoms with Crippen molar-refractivity contribution in [3.63, 3.8) is 0 Å². The third-order valence-electron chi connectivity index (χ3n) is 2.16. The first kappa shape index (κ1) is 10.5. The summed E-state index contributed by atoms with van der Waals surface area (Å²) in [5, 5.41) is 12.2. The predicted octanol–water partition coefficient (Wildman–Crippen LogP) is -0.421. The number of carbonyl (C=O) groups excluding carboxylic acids is 1. The summed E-state index contributed by atoms with van der Waals surface area (Å²) in [5.41, 5.74) is -0.527. The van der Waals surface area contributed by atoms with Gasteiger partial charge in [0.15, 0.2) is 0 Å². The molecule has 0 aromatic rings. The molecule has 0 atom stereocenters. The molecule has 0 aliphatic carbocycles. The van der Waals surface area contributed by atoms with E-state index in [2.05, 4.69) is 10.2 Å². The number of nitrogens with one attached hydrogen (secondary N) is 1. The van der Waals surface area contributed by atoms with Crippen molar-refractivity contribution in [1.82, 2.24) is 10.2 Å². The molecule has 13 heavy (non-hydrogen) atoms. The van der Waals surface area contributed by atoms with Crippen LogP contribution >= 0.6 is 0 Å². The molecule has 76 valence electrons. The van der Waals surface area contributed by atoms with E-state index in [-0.39, 0.29) is 5.91 Å². The first-order chi connectivity index (χ1) is 6.03. The zero-order chi connectivity index (χ0) is 9.90. The van der Waals surface area contributed by atoms with Crippen LogP contribution in [0.3, 0.4) is 0 Å². The van der Waals surface area contributed by atoms with Gasteiger partial charge in [-0.2, -0.15) is 0 Å². The summed E-state index contributed by atoms with van der Waals surface area (Å²) in [5.74, 6) is 0.0917. The second kappa shape index (κ2) is 4.07. The molecule has 1 rings (SSSR count). The second-order valence-electron chi connectivity index (χ2n) is 3.91. The number of nitrogens with zero attached hydrogens (tertiary/aromatic N) is 1. The van der Waals surface area contributed by atoms with Crippen molar-refractivity contribution < 1.29 is 9.90 Å². The van der Waals surface area contributed by atoms with Crippen LogP contribution in [0.25, 0.3) is 0 Å². The van der Waals surface area contributed by atoms with Gasteiger partial charge in [0, 0.05) is 32.6 Å². The van der Waals surface area contributed by atoms with Gasteiger partial charge in [0.2, 0.25) is 5.91 Å². The minimum absolute atomic E-state index is 0.0917. The van der Waals surface area contributed by atoms with Gasteiger partial charge >= 0.3 is 0 Å². The molecule has 0 spiro atoms. The van der Waals surface area contributed by atoms with Crippen molar-refractivity contribution in [2.24, 2.45) is 0 Å². The van der Waals surface area contributed by atoms with E-state index in [1.165, 1.54) is 0 Å². The van der Waals surface area contributed by atoms with Crippen molar-refractivity contribution in [2.75, 3.05) is 26.2 Å². The van der Waals surface area contributed by atoms with Gasteiger partial charge in [-0.05, 0) is 13.8 Å². The molecule has 1 saturated heterocycles. The van der Waals surface area contributed by atoms with Crippen molar-refractivity contribution >= 4 is 5.91 Å². The van der Waals surface area contributed by atoms with Crippen molar-refractivity contribution in [2.45, 2.75) is 25.9 Å². The van der Waals surface area contributed by atoms with Crippen molar-refractivity contribution in [1.29, 1.82) is 0 Å². The fourth-order valence-corrected chi connectivity index (χ4v) is 1.62. The Morgan fingerprint density at radius 1 is 1.62 bits per heavy atom. The van der Waals surface area contributed by atoms with Crippen LogP contribution in [-0.4, -0.2) is 47.7 Å². The van der Waals surface area contributed by atoms with E-state index >= 15 is 0 Å². The molecule has 0 aromatic heterocycles. The zero-order valence-electron chi connectivity index (χ0n) is 8.34. The lowest BCUT2D eigenvalue weighted by atomic mass is 9.97. The number of β-amino-alcohol motifs (C(OH)–C–C–N with tert-alkyl or cyclic N) is 1. The fourth-order valence-electron chi connectivity index (χ4n) is 1.62. The highest BCUT2D eigenvalue weighted by molar-refractivity contribution is 5.75. The summed E-state index contributed by atoms with van der Waals surface area (Å²) >= 11 is 0. The smallest absolute Gasteiger partial charge is 0.221 e. The molecule has 1 heterocycles. The van der Waals surface area contributed by atoms with E-state index < -0.39 is 5.60 Å². The third-order valence-corrected chi connectivity index (χ3v) is 2.16. The number of carbonyl (C=O) groups is 1. The number of rotatable bonds is 4. The molecule has 0 aromatic carbocycles. The molecular formula is C9H18N2O2. The first-order valence-electron chi connectivity index (χ1n) is 4.75. The Morgan fingerprint density at radius 2 is 2.23 bits per heavy atom. The standard InChI is InChI=1S/C9H18N2O2/c1-3-10-8(12)4-5-11-6-9(2,13)7-11/h13H,3-7H2,1-2H3,(H,10,12).